The minimum absolute atomic E-state index is 0.0631. The highest BCUT2D eigenvalue weighted by molar-refractivity contribution is 5.15. The molecule has 0 aromatic carbocycles. The fourth-order valence-corrected chi connectivity index (χ4v) is 0.801. The maximum atomic E-state index is 5.12. The SMILES string of the molecule is C#C[C@@H]1O[C@@H]1C=CCCC. The zero-order valence-corrected chi connectivity index (χ0v) is 6.21. The number of hydrogen-bond donors (Lipinski definition) is 0. The van der Waals surface area contributed by atoms with E-state index in [9.17, 15) is 0 Å². The van der Waals surface area contributed by atoms with Crippen LogP contribution in [0.3, 0.4) is 0 Å². The molecule has 0 aliphatic carbocycles. The molecule has 10 heavy (non-hydrogen) atoms. The molecule has 2 atom stereocenters. The van der Waals surface area contributed by atoms with Crippen molar-refractivity contribution < 1.29 is 4.74 Å². The molecular weight excluding hydrogens is 124 g/mol. The predicted molar refractivity (Wildman–Crippen MR) is 41.5 cm³/mol. The molecule has 0 aromatic rings. The van der Waals surface area contributed by atoms with Crippen LogP contribution in [0, 0.1) is 12.3 Å². The van der Waals surface area contributed by atoms with Gasteiger partial charge in [0.15, 0.2) is 0 Å². The third-order valence-corrected chi connectivity index (χ3v) is 1.47. The van der Waals surface area contributed by atoms with Crippen molar-refractivity contribution in [2.75, 3.05) is 0 Å². The molecule has 1 fully saturated rings. The largest absolute Gasteiger partial charge is 0.351 e. The fourth-order valence-electron chi connectivity index (χ4n) is 0.801. The van der Waals surface area contributed by atoms with Crippen LogP contribution >= 0.6 is 0 Å². The average Bonchev–Trinajstić information content (AvgIpc) is 2.68. The van der Waals surface area contributed by atoms with E-state index in [1.54, 1.807) is 0 Å². The maximum absolute atomic E-state index is 5.12. The third kappa shape index (κ3) is 1.89. The lowest BCUT2D eigenvalue weighted by Gasteiger charge is -1.80. The summed E-state index contributed by atoms with van der Waals surface area (Å²) in [6, 6.07) is 0. The summed E-state index contributed by atoms with van der Waals surface area (Å²) in [6.07, 6.45) is 11.9. The minimum atomic E-state index is 0.0631. The van der Waals surface area contributed by atoms with E-state index in [1.165, 1.54) is 6.42 Å². The molecule has 0 radical (unpaired) electrons. The van der Waals surface area contributed by atoms with Crippen molar-refractivity contribution in [3.05, 3.63) is 12.2 Å². The van der Waals surface area contributed by atoms with Gasteiger partial charge in [-0.05, 0) is 6.42 Å². The summed E-state index contributed by atoms with van der Waals surface area (Å²) in [5, 5.41) is 0. The lowest BCUT2D eigenvalue weighted by molar-refractivity contribution is 0.417. The van der Waals surface area contributed by atoms with Crippen molar-refractivity contribution in [3.63, 3.8) is 0 Å². The Labute approximate surface area is 62.1 Å². The van der Waals surface area contributed by atoms with E-state index >= 15 is 0 Å². The van der Waals surface area contributed by atoms with E-state index in [4.69, 9.17) is 11.2 Å². The third-order valence-electron chi connectivity index (χ3n) is 1.47. The van der Waals surface area contributed by atoms with Crippen molar-refractivity contribution >= 4 is 0 Å². The number of hydrogen-bond acceptors (Lipinski definition) is 1. The van der Waals surface area contributed by atoms with Crippen LogP contribution in [0.4, 0.5) is 0 Å². The van der Waals surface area contributed by atoms with Gasteiger partial charge in [0.05, 0.1) is 0 Å². The normalized spacial score (nSPS) is 30.4. The van der Waals surface area contributed by atoms with E-state index in [0.717, 1.165) is 6.42 Å². The van der Waals surface area contributed by atoms with Crippen LogP contribution in [0.5, 0.6) is 0 Å². The van der Waals surface area contributed by atoms with Crippen molar-refractivity contribution in [1.82, 2.24) is 0 Å². The van der Waals surface area contributed by atoms with Crippen LogP contribution in [0.2, 0.25) is 0 Å². The summed E-state index contributed by atoms with van der Waals surface area (Å²) in [5.41, 5.74) is 0. The van der Waals surface area contributed by atoms with Gasteiger partial charge in [0.2, 0.25) is 0 Å². The predicted octanol–water partition coefficient (Wildman–Crippen LogP) is 1.74. The first-order valence-corrected chi connectivity index (χ1v) is 3.66. The Kier molecular flexibility index (Phi) is 2.53. The molecule has 1 heterocycles. The van der Waals surface area contributed by atoms with Gasteiger partial charge in [0, 0.05) is 0 Å². The topological polar surface area (TPSA) is 12.5 Å². The van der Waals surface area contributed by atoms with Crippen LogP contribution in [-0.4, -0.2) is 12.2 Å². The second-order valence-electron chi connectivity index (χ2n) is 2.40. The number of terminal acetylenes is 1. The van der Waals surface area contributed by atoms with Gasteiger partial charge in [0.1, 0.15) is 12.2 Å². The quantitative estimate of drug-likeness (QED) is 0.327. The number of unbranched alkanes of at least 4 members (excludes halogenated alkanes) is 1. The summed E-state index contributed by atoms with van der Waals surface area (Å²) in [4.78, 5) is 0. The summed E-state index contributed by atoms with van der Waals surface area (Å²) >= 11 is 0. The van der Waals surface area contributed by atoms with E-state index in [0.29, 0.717) is 0 Å². The van der Waals surface area contributed by atoms with Gasteiger partial charge in [-0.2, -0.15) is 0 Å². The molecule has 0 spiro atoms. The van der Waals surface area contributed by atoms with Crippen molar-refractivity contribution in [2.24, 2.45) is 0 Å². The molecule has 0 N–H and O–H groups in total. The number of allylic oxidation sites excluding steroid dienone is 1. The molecule has 1 rings (SSSR count). The van der Waals surface area contributed by atoms with Gasteiger partial charge in [-0.25, -0.2) is 0 Å². The van der Waals surface area contributed by atoms with E-state index in [2.05, 4.69) is 18.9 Å². The van der Waals surface area contributed by atoms with Crippen molar-refractivity contribution in [2.45, 2.75) is 32.0 Å². The molecule has 1 saturated heterocycles. The lowest BCUT2D eigenvalue weighted by atomic mass is 10.2. The molecular formula is C9H12O. The van der Waals surface area contributed by atoms with Crippen molar-refractivity contribution in [3.8, 4) is 12.3 Å². The van der Waals surface area contributed by atoms with Crippen molar-refractivity contribution in [1.29, 1.82) is 0 Å². The zero-order chi connectivity index (χ0) is 7.40. The van der Waals surface area contributed by atoms with Gasteiger partial charge in [-0.15, -0.1) is 6.42 Å². The molecule has 54 valence electrons. The first-order chi connectivity index (χ1) is 4.88. The average molecular weight is 136 g/mol. The lowest BCUT2D eigenvalue weighted by Crippen LogP contribution is -1.83. The smallest absolute Gasteiger partial charge is 0.148 e. The monoisotopic (exact) mass is 136 g/mol. The molecule has 0 aromatic heterocycles. The molecule has 1 aliphatic heterocycles. The fraction of sp³-hybridized carbons (Fsp3) is 0.556. The molecule has 1 nitrogen and oxygen atoms in total. The van der Waals surface area contributed by atoms with Crippen LogP contribution < -0.4 is 0 Å². The summed E-state index contributed by atoms with van der Waals surface area (Å²) in [7, 11) is 0. The second kappa shape index (κ2) is 3.43. The van der Waals surface area contributed by atoms with Gasteiger partial charge >= 0.3 is 0 Å². The Hall–Kier alpha value is -0.740. The highest BCUT2D eigenvalue weighted by Gasteiger charge is 2.33. The van der Waals surface area contributed by atoms with Crippen LogP contribution in [0.1, 0.15) is 19.8 Å². The highest BCUT2D eigenvalue weighted by atomic mass is 16.6. The first-order valence-electron chi connectivity index (χ1n) is 3.66. The highest BCUT2D eigenvalue weighted by Crippen LogP contribution is 2.22. The van der Waals surface area contributed by atoms with E-state index in [1.807, 2.05) is 6.08 Å². The number of rotatable bonds is 3. The summed E-state index contributed by atoms with van der Waals surface area (Å²) < 4.78 is 5.09. The Morgan fingerprint density at radius 1 is 1.70 bits per heavy atom. The zero-order valence-electron chi connectivity index (χ0n) is 6.21. The molecule has 0 amide bonds. The van der Waals surface area contributed by atoms with Gasteiger partial charge in [0.25, 0.3) is 0 Å². The van der Waals surface area contributed by atoms with Gasteiger partial charge in [-0.1, -0.05) is 31.4 Å². The Balaban J connectivity index is 2.12. The van der Waals surface area contributed by atoms with E-state index in [-0.39, 0.29) is 12.2 Å². The molecule has 0 unspecified atom stereocenters. The van der Waals surface area contributed by atoms with Crippen LogP contribution in [0.15, 0.2) is 12.2 Å². The van der Waals surface area contributed by atoms with Crippen LogP contribution in [-0.2, 0) is 4.74 Å². The molecule has 0 saturated carbocycles. The maximum Gasteiger partial charge on any atom is 0.148 e. The Bertz CT molecular complexity index is 164. The summed E-state index contributed by atoms with van der Waals surface area (Å²) in [6.45, 7) is 2.15. The first kappa shape index (κ1) is 7.37. The molecule has 1 aliphatic rings. The van der Waals surface area contributed by atoms with Crippen LogP contribution in [0.25, 0.3) is 0 Å². The van der Waals surface area contributed by atoms with Gasteiger partial charge < -0.3 is 4.74 Å². The van der Waals surface area contributed by atoms with Gasteiger partial charge in [-0.3, -0.25) is 0 Å². The molecule has 0 bridgehead atoms. The van der Waals surface area contributed by atoms with E-state index < -0.39 is 0 Å². The molecule has 1 heteroatoms. The number of ether oxygens (including phenoxy) is 1. The standard InChI is InChI=1S/C9H12O/c1-3-5-6-7-9-8(4-2)10-9/h2,6-9H,3,5H2,1H3/t8-,9+/m0/s1. The Morgan fingerprint density at radius 3 is 3.00 bits per heavy atom. The minimum Gasteiger partial charge on any atom is -0.351 e. The second-order valence-corrected chi connectivity index (χ2v) is 2.40. The Morgan fingerprint density at radius 2 is 2.50 bits per heavy atom. The number of epoxide rings is 1. The summed E-state index contributed by atoms with van der Waals surface area (Å²) in [5.74, 6) is 2.54.